The number of anilines is 1. The summed E-state index contributed by atoms with van der Waals surface area (Å²) in [4.78, 5) is 6.48. The quantitative estimate of drug-likeness (QED) is 0.842. The average Bonchev–Trinajstić information content (AvgIpc) is 2.45. The number of hydrogen-bond acceptors (Lipinski definition) is 4. The Labute approximate surface area is 113 Å². The first-order chi connectivity index (χ1) is 9.19. The average molecular weight is 255 g/mol. The lowest BCUT2D eigenvalue weighted by atomic mass is 10.1. The molecule has 0 aliphatic rings. The molecule has 4 heteroatoms. The molecule has 0 bridgehead atoms. The molecule has 1 unspecified atom stereocenters. The summed E-state index contributed by atoms with van der Waals surface area (Å²) in [6, 6.07) is 10.2. The van der Waals surface area contributed by atoms with Gasteiger partial charge in [0.2, 0.25) is 0 Å². The molecule has 19 heavy (non-hydrogen) atoms. The van der Waals surface area contributed by atoms with Gasteiger partial charge in [0.15, 0.2) is 0 Å². The van der Waals surface area contributed by atoms with Crippen molar-refractivity contribution >= 4 is 16.6 Å². The molecule has 0 spiro atoms. The minimum Gasteiger partial charge on any atom is -0.496 e. The highest BCUT2D eigenvalue weighted by Crippen LogP contribution is 2.31. The van der Waals surface area contributed by atoms with Gasteiger partial charge in [0.25, 0.3) is 0 Å². The topological polar surface area (TPSA) is 49.1 Å². The first-order valence-corrected chi connectivity index (χ1v) is 6.20. The van der Waals surface area contributed by atoms with Crippen molar-refractivity contribution < 1.29 is 4.74 Å². The molecule has 0 saturated heterocycles. The molecule has 0 aliphatic heterocycles. The van der Waals surface area contributed by atoms with Crippen molar-refractivity contribution in [3.05, 3.63) is 30.5 Å². The maximum Gasteiger partial charge on any atom is 0.136 e. The monoisotopic (exact) mass is 255 g/mol. The highest BCUT2D eigenvalue weighted by atomic mass is 16.5. The van der Waals surface area contributed by atoms with E-state index in [-0.39, 0.29) is 6.04 Å². The molecule has 0 N–H and O–H groups in total. The van der Waals surface area contributed by atoms with Crippen LogP contribution in [0, 0.1) is 11.3 Å². The van der Waals surface area contributed by atoms with E-state index in [1.165, 1.54) is 0 Å². The van der Waals surface area contributed by atoms with Gasteiger partial charge in [0, 0.05) is 30.1 Å². The zero-order valence-electron chi connectivity index (χ0n) is 11.4. The highest BCUT2D eigenvalue weighted by Gasteiger charge is 2.14. The van der Waals surface area contributed by atoms with Crippen molar-refractivity contribution in [1.29, 1.82) is 5.26 Å². The lowest BCUT2D eigenvalue weighted by Crippen LogP contribution is -2.29. The van der Waals surface area contributed by atoms with Crippen LogP contribution in [0.5, 0.6) is 5.75 Å². The molecule has 98 valence electrons. The number of methoxy groups -OCH3 is 1. The van der Waals surface area contributed by atoms with Crippen LogP contribution in [0.1, 0.15) is 13.3 Å². The lowest BCUT2D eigenvalue weighted by molar-refractivity contribution is 0.420. The van der Waals surface area contributed by atoms with E-state index in [0.29, 0.717) is 6.42 Å². The lowest BCUT2D eigenvalue weighted by Gasteiger charge is -2.25. The molecular weight excluding hydrogens is 238 g/mol. The normalized spacial score (nSPS) is 11.9. The molecule has 0 aliphatic carbocycles. The minimum absolute atomic E-state index is 0.120. The summed E-state index contributed by atoms with van der Waals surface area (Å²) < 4.78 is 5.37. The van der Waals surface area contributed by atoms with Gasteiger partial charge in [0.05, 0.1) is 19.6 Å². The first kappa shape index (κ1) is 13.2. The summed E-state index contributed by atoms with van der Waals surface area (Å²) in [6.45, 7) is 2.02. The number of pyridine rings is 1. The zero-order chi connectivity index (χ0) is 13.8. The Kier molecular flexibility index (Phi) is 3.86. The summed E-state index contributed by atoms with van der Waals surface area (Å²) in [7, 11) is 3.63. The van der Waals surface area contributed by atoms with E-state index in [4.69, 9.17) is 10.00 Å². The Morgan fingerprint density at radius 2 is 2.16 bits per heavy atom. The van der Waals surface area contributed by atoms with Gasteiger partial charge in [-0.1, -0.05) is 12.1 Å². The van der Waals surface area contributed by atoms with Crippen molar-refractivity contribution in [1.82, 2.24) is 4.98 Å². The Morgan fingerprint density at radius 1 is 1.37 bits per heavy atom. The minimum atomic E-state index is 0.120. The Balaban J connectivity index is 2.53. The molecule has 1 atom stereocenters. The van der Waals surface area contributed by atoms with Crippen LogP contribution in [-0.2, 0) is 0 Å². The molecule has 0 radical (unpaired) electrons. The second-order valence-electron chi connectivity index (χ2n) is 4.51. The maximum absolute atomic E-state index is 8.81. The van der Waals surface area contributed by atoms with Gasteiger partial charge in [0.1, 0.15) is 11.6 Å². The number of fused-ring (bicyclic) bond motifs is 1. The predicted molar refractivity (Wildman–Crippen MR) is 76.4 cm³/mol. The van der Waals surface area contributed by atoms with Crippen LogP contribution in [0.3, 0.4) is 0 Å². The van der Waals surface area contributed by atoms with E-state index in [1.54, 1.807) is 13.3 Å². The fraction of sp³-hybridized carbons (Fsp3) is 0.333. The van der Waals surface area contributed by atoms with Gasteiger partial charge in [-0.2, -0.15) is 5.26 Å². The summed E-state index contributed by atoms with van der Waals surface area (Å²) in [5, 5.41) is 10.9. The maximum atomic E-state index is 8.81. The van der Waals surface area contributed by atoms with E-state index in [1.807, 2.05) is 43.1 Å². The van der Waals surface area contributed by atoms with Crippen LogP contribution < -0.4 is 9.64 Å². The van der Waals surface area contributed by atoms with Gasteiger partial charge in [-0.3, -0.25) is 0 Å². The van der Waals surface area contributed by atoms with Crippen molar-refractivity contribution in [2.24, 2.45) is 0 Å². The van der Waals surface area contributed by atoms with Gasteiger partial charge < -0.3 is 9.64 Å². The summed E-state index contributed by atoms with van der Waals surface area (Å²) in [5.41, 5.74) is 0. The molecule has 1 aromatic carbocycles. The summed E-state index contributed by atoms with van der Waals surface area (Å²) in [5.74, 6) is 1.71. The van der Waals surface area contributed by atoms with Gasteiger partial charge >= 0.3 is 0 Å². The Hall–Kier alpha value is -2.28. The third-order valence-electron chi connectivity index (χ3n) is 3.35. The fourth-order valence-electron chi connectivity index (χ4n) is 2.10. The largest absolute Gasteiger partial charge is 0.496 e. The van der Waals surface area contributed by atoms with E-state index in [2.05, 4.69) is 11.1 Å². The zero-order valence-corrected chi connectivity index (χ0v) is 11.4. The van der Waals surface area contributed by atoms with E-state index >= 15 is 0 Å². The standard InChI is InChI=1S/C15H17N3O/c1-11(7-9-16)18(2)15-13-5-4-6-14(19-3)12(13)8-10-17-15/h4-6,8,10-11H,7H2,1-3H3. The van der Waals surface area contributed by atoms with Gasteiger partial charge in [-0.25, -0.2) is 4.98 Å². The number of nitriles is 1. The molecule has 1 aromatic heterocycles. The van der Waals surface area contributed by atoms with Crippen molar-refractivity contribution in [2.75, 3.05) is 19.1 Å². The number of aromatic nitrogens is 1. The second kappa shape index (κ2) is 5.57. The molecule has 0 fully saturated rings. The van der Waals surface area contributed by atoms with Crippen LogP contribution in [-0.4, -0.2) is 25.2 Å². The highest BCUT2D eigenvalue weighted by molar-refractivity contribution is 5.96. The molecule has 4 nitrogen and oxygen atoms in total. The Morgan fingerprint density at radius 3 is 2.84 bits per heavy atom. The van der Waals surface area contributed by atoms with Crippen LogP contribution in [0.4, 0.5) is 5.82 Å². The second-order valence-corrected chi connectivity index (χ2v) is 4.51. The molecule has 0 saturated carbocycles. The number of ether oxygens (including phenoxy) is 1. The third-order valence-corrected chi connectivity index (χ3v) is 3.35. The van der Waals surface area contributed by atoms with Crippen molar-refractivity contribution in [3.8, 4) is 11.8 Å². The smallest absolute Gasteiger partial charge is 0.136 e. The molecule has 1 heterocycles. The van der Waals surface area contributed by atoms with E-state index in [9.17, 15) is 0 Å². The van der Waals surface area contributed by atoms with E-state index in [0.717, 1.165) is 22.3 Å². The van der Waals surface area contributed by atoms with E-state index < -0.39 is 0 Å². The SMILES string of the molecule is COc1cccc2c(N(C)C(C)CC#N)nccc12. The molecule has 2 rings (SSSR count). The number of rotatable bonds is 4. The van der Waals surface area contributed by atoms with Crippen LogP contribution in [0.2, 0.25) is 0 Å². The molecular formula is C15H17N3O. The van der Waals surface area contributed by atoms with Crippen LogP contribution in [0.15, 0.2) is 30.5 Å². The van der Waals surface area contributed by atoms with Crippen LogP contribution in [0.25, 0.3) is 10.8 Å². The van der Waals surface area contributed by atoms with Gasteiger partial charge in [-0.05, 0) is 19.1 Å². The Bertz CT molecular complexity index is 618. The number of benzene rings is 1. The number of hydrogen-bond donors (Lipinski definition) is 0. The predicted octanol–water partition coefficient (Wildman–Crippen LogP) is 2.98. The van der Waals surface area contributed by atoms with Crippen LogP contribution >= 0.6 is 0 Å². The summed E-state index contributed by atoms with van der Waals surface area (Å²) >= 11 is 0. The first-order valence-electron chi connectivity index (χ1n) is 6.20. The van der Waals surface area contributed by atoms with Crippen molar-refractivity contribution in [2.45, 2.75) is 19.4 Å². The molecule has 2 aromatic rings. The molecule has 0 amide bonds. The summed E-state index contributed by atoms with van der Waals surface area (Å²) in [6.07, 6.45) is 2.24. The fourth-order valence-corrected chi connectivity index (χ4v) is 2.10. The van der Waals surface area contributed by atoms with Gasteiger partial charge in [-0.15, -0.1) is 0 Å². The van der Waals surface area contributed by atoms with Crippen molar-refractivity contribution in [3.63, 3.8) is 0 Å². The third kappa shape index (κ3) is 2.45. The number of nitrogens with zero attached hydrogens (tertiary/aromatic N) is 3.